The molecule has 44 heavy (non-hydrogen) atoms. The molecule has 0 aromatic heterocycles. The van der Waals surface area contributed by atoms with Crippen LogP contribution in [-0.2, 0) is 9.53 Å². The molecule has 0 bridgehead atoms. The van der Waals surface area contributed by atoms with E-state index in [0.717, 1.165) is 12.8 Å². The van der Waals surface area contributed by atoms with Gasteiger partial charge in [0.05, 0.1) is 6.61 Å². The predicted molar refractivity (Wildman–Crippen MR) is 198 cm³/mol. The first-order valence-electron chi connectivity index (χ1n) is 20.6. The zero-order chi connectivity index (χ0) is 31.9. The molecule has 0 spiro atoms. The van der Waals surface area contributed by atoms with Crippen LogP contribution < -0.4 is 0 Å². The van der Waals surface area contributed by atoms with Crippen molar-refractivity contribution in [3.05, 3.63) is 12.2 Å². The summed E-state index contributed by atoms with van der Waals surface area (Å²) in [6.45, 7) is 5.21. The lowest BCUT2D eigenvalue weighted by Gasteiger charge is -2.06. The van der Waals surface area contributed by atoms with Gasteiger partial charge in [-0.05, 0) is 38.5 Å². The van der Waals surface area contributed by atoms with Gasteiger partial charge < -0.3 is 4.74 Å². The Hall–Kier alpha value is -0.790. The Balaban J connectivity index is 3.17. The van der Waals surface area contributed by atoms with E-state index in [2.05, 4.69) is 26.0 Å². The van der Waals surface area contributed by atoms with Gasteiger partial charge in [0.25, 0.3) is 0 Å². The Kier molecular flexibility index (Phi) is 39.5. The van der Waals surface area contributed by atoms with Crippen LogP contribution in [0.5, 0.6) is 0 Å². The lowest BCUT2D eigenvalue weighted by atomic mass is 10.0. The van der Waals surface area contributed by atoms with Gasteiger partial charge in [-0.25, -0.2) is 0 Å². The van der Waals surface area contributed by atoms with E-state index in [9.17, 15) is 4.79 Å². The highest BCUT2D eigenvalue weighted by Crippen LogP contribution is 2.15. The summed E-state index contributed by atoms with van der Waals surface area (Å²) in [4.78, 5) is 12.0. The Morgan fingerprint density at radius 2 is 0.636 bits per heavy atom. The number of carbonyl (C=O) groups excluding carboxylic acids is 1. The highest BCUT2D eigenvalue weighted by molar-refractivity contribution is 5.69. The fraction of sp³-hybridized carbons (Fsp3) is 0.929. The number of ether oxygens (including phenoxy) is 1. The second-order valence-electron chi connectivity index (χ2n) is 14.0. The van der Waals surface area contributed by atoms with E-state index in [0.29, 0.717) is 13.0 Å². The van der Waals surface area contributed by atoms with Crippen molar-refractivity contribution in [1.29, 1.82) is 0 Å². The minimum atomic E-state index is 0.0271. The molecule has 0 saturated carbocycles. The van der Waals surface area contributed by atoms with Crippen LogP contribution in [0.2, 0.25) is 0 Å². The van der Waals surface area contributed by atoms with Crippen LogP contribution in [-0.4, -0.2) is 12.6 Å². The van der Waals surface area contributed by atoms with Crippen molar-refractivity contribution in [2.45, 2.75) is 245 Å². The quantitative estimate of drug-likeness (QED) is 0.0391. The zero-order valence-corrected chi connectivity index (χ0v) is 30.6. The van der Waals surface area contributed by atoms with Crippen LogP contribution >= 0.6 is 0 Å². The van der Waals surface area contributed by atoms with Gasteiger partial charge in [0.1, 0.15) is 0 Å². The fourth-order valence-electron chi connectivity index (χ4n) is 6.31. The maximum absolute atomic E-state index is 12.0. The zero-order valence-electron chi connectivity index (χ0n) is 30.6. The largest absolute Gasteiger partial charge is 0.466 e. The van der Waals surface area contributed by atoms with Crippen molar-refractivity contribution in [3.8, 4) is 0 Å². The van der Waals surface area contributed by atoms with Crippen molar-refractivity contribution in [2.24, 2.45) is 0 Å². The molecule has 0 unspecified atom stereocenters. The third-order valence-electron chi connectivity index (χ3n) is 9.40. The SMILES string of the molecule is CCCCCCCCC=CCCCCCCCCCCCCCC(=O)OCCCCCCCCCCCCCCCCCC. The fourth-order valence-corrected chi connectivity index (χ4v) is 6.31. The topological polar surface area (TPSA) is 26.3 Å². The molecule has 0 N–H and O–H groups in total. The molecule has 0 saturated heterocycles. The van der Waals surface area contributed by atoms with Crippen LogP contribution in [0.15, 0.2) is 12.2 Å². The maximum atomic E-state index is 12.0. The van der Waals surface area contributed by atoms with Crippen LogP contribution in [0.4, 0.5) is 0 Å². The van der Waals surface area contributed by atoms with E-state index >= 15 is 0 Å². The number of carbonyl (C=O) groups is 1. The van der Waals surface area contributed by atoms with Crippen molar-refractivity contribution in [2.75, 3.05) is 6.61 Å². The highest BCUT2D eigenvalue weighted by Gasteiger charge is 2.03. The lowest BCUT2D eigenvalue weighted by molar-refractivity contribution is -0.143. The summed E-state index contributed by atoms with van der Waals surface area (Å²) in [5, 5.41) is 0. The summed E-state index contributed by atoms with van der Waals surface area (Å²) in [5.41, 5.74) is 0. The van der Waals surface area contributed by atoms with Gasteiger partial charge in [-0.2, -0.15) is 0 Å². The van der Waals surface area contributed by atoms with Crippen LogP contribution in [0.1, 0.15) is 245 Å². The summed E-state index contributed by atoms with van der Waals surface area (Å²) in [7, 11) is 0. The Morgan fingerprint density at radius 3 is 0.977 bits per heavy atom. The molecular weight excluding hydrogens is 536 g/mol. The molecule has 0 atom stereocenters. The van der Waals surface area contributed by atoms with Crippen molar-refractivity contribution in [3.63, 3.8) is 0 Å². The van der Waals surface area contributed by atoms with Gasteiger partial charge in [0, 0.05) is 6.42 Å². The highest BCUT2D eigenvalue weighted by atomic mass is 16.5. The number of hydrogen-bond acceptors (Lipinski definition) is 2. The van der Waals surface area contributed by atoms with E-state index in [1.807, 2.05) is 0 Å². The van der Waals surface area contributed by atoms with Crippen LogP contribution in [0.3, 0.4) is 0 Å². The molecule has 262 valence electrons. The number of hydrogen-bond donors (Lipinski definition) is 0. The summed E-state index contributed by atoms with van der Waals surface area (Å²) >= 11 is 0. The normalized spacial score (nSPS) is 11.6. The Bertz CT molecular complexity index is 554. The van der Waals surface area contributed by atoms with Gasteiger partial charge in [-0.3, -0.25) is 4.79 Å². The van der Waals surface area contributed by atoms with Gasteiger partial charge >= 0.3 is 5.97 Å². The molecule has 0 amide bonds. The smallest absolute Gasteiger partial charge is 0.305 e. The Labute approximate surface area is 278 Å². The molecule has 0 aromatic rings. The average Bonchev–Trinajstić information content (AvgIpc) is 3.03. The number of allylic oxidation sites excluding steroid dienone is 2. The Morgan fingerprint density at radius 1 is 0.364 bits per heavy atom. The molecule has 2 heteroatoms. The van der Waals surface area contributed by atoms with Gasteiger partial charge in [-0.15, -0.1) is 0 Å². The summed E-state index contributed by atoms with van der Waals surface area (Å²) in [5.74, 6) is 0.0271. The summed E-state index contributed by atoms with van der Waals surface area (Å²) in [6, 6.07) is 0. The minimum absolute atomic E-state index is 0.0271. The van der Waals surface area contributed by atoms with Crippen LogP contribution in [0, 0.1) is 0 Å². The minimum Gasteiger partial charge on any atom is -0.466 e. The maximum Gasteiger partial charge on any atom is 0.305 e. The van der Waals surface area contributed by atoms with Gasteiger partial charge in [0.15, 0.2) is 0 Å². The second-order valence-corrected chi connectivity index (χ2v) is 14.0. The van der Waals surface area contributed by atoms with E-state index < -0.39 is 0 Å². The number of unbranched alkanes of at least 4 members (excludes halogenated alkanes) is 32. The molecule has 2 nitrogen and oxygen atoms in total. The monoisotopic (exact) mass is 619 g/mol. The molecule has 0 aliphatic carbocycles. The third-order valence-corrected chi connectivity index (χ3v) is 9.40. The number of esters is 1. The first kappa shape index (κ1) is 43.2. The lowest BCUT2D eigenvalue weighted by Crippen LogP contribution is -2.05. The van der Waals surface area contributed by atoms with Crippen molar-refractivity contribution < 1.29 is 9.53 Å². The van der Waals surface area contributed by atoms with Crippen LogP contribution in [0.25, 0.3) is 0 Å². The standard InChI is InChI=1S/C42H82O2/c1-3-5-7-9-11-13-15-17-19-21-22-23-24-25-26-28-30-32-34-36-38-40-42(43)44-41-39-37-35-33-31-29-27-20-18-16-14-12-10-8-6-4-2/h17,19H,3-16,18,20-41H2,1-2H3. The molecular formula is C42H82O2. The first-order valence-corrected chi connectivity index (χ1v) is 20.6. The van der Waals surface area contributed by atoms with E-state index in [1.54, 1.807) is 0 Å². The molecule has 0 rings (SSSR count). The average molecular weight is 619 g/mol. The first-order chi connectivity index (χ1) is 21.8. The molecule has 0 aromatic carbocycles. The van der Waals surface area contributed by atoms with E-state index in [1.165, 1.54) is 212 Å². The van der Waals surface area contributed by atoms with E-state index in [-0.39, 0.29) is 5.97 Å². The second kappa shape index (κ2) is 40.2. The molecule has 0 heterocycles. The molecule has 0 aliphatic heterocycles. The van der Waals surface area contributed by atoms with Gasteiger partial charge in [0.2, 0.25) is 0 Å². The molecule has 0 radical (unpaired) electrons. The molecule has 0 fully saturated rings. The number of rotatable bonds is 38. The van der Waals surface area contributed by atoms with E-state index in [4.69, 9.17) is 4.74 Å². The predicted octanol–water partition coefficient (Wildman–Crippen LogP) is 15.2. The van der Waals surface area contributed by atoms with Crippen molar-refractivity contribution in [1.82, 2.24) is 0 Å². The summed E-state index contributed by atoms with van der Waals surface area (Å²) < 4.78 is 5.46. The third kappa shape index (κ3) is 39.2. The summed E-state index contributed by atoms with van der Waals surface area (Å²) in [6.07, 6.45) is 53.0. The van der Waals surface area contributed by atoms with Crippen molar-refractivity contribution >= 4 is 5.97 Å². The van der Waals surface area contributed by atoms with Gasteiger partial charge in [-0.1, -0.05) is 212 Å². The molecule has 0 aliphatic rings.